The Kier molecular flexibility index (Phi) is 8.56. The molecule has 1 aromatic carbocycles. The number of nitrogens with one attached hydrogen (secondary N) is 2. The van der Waals surface area contributed by atoms with Crippen LogP contribution in [0.3, 0.4) is 0 Å². The topological polar surface area (TPSA) is 70.7 Å². The highest BCUT2D eigenvalue weighted by Crippen LogP contribution is 2.21. The second kappa shape index (κ2) is 10.4. The molecule has 0 radical (unpaired) electrons. The van der Waals surface area contributed by atoms with Gasteiger partial charge >= 0.3 is 0 Å². The molecule has 1 saturated heterocycles. The molecule has 2 rings (SSSR count). The number of benzene rings is 1. The summed E-state index contributed by atoms with van der Waals surface area (Å²) in [5, 5.41) is 6.42. The summed E-state index contributed by atoms with van der Waals surface area (Å²) < 4.78 is 5.72. The van der Waals surface area contributed by atoms with Gasteiger partial charge in [0.1, 0.15) is 6.04 Å². The molecule has 8 heteroatoms. The maximum atomic E-state index is 12.6. The third kappa shape index (κ3) is 6.62. The zero-order valence-electron chi connectivity index (χ0n) is 16.8. The van der Waals surface area contributed by atoms with Gasteiger partial charge in [0, 0.05) is 31.2 Å². The van der Waals surface area contributed by atoms with E-state index in [0.29, 0.717) is 17.1 Å². The molecule has 6 nitrogen and oxygen atoms in total. The Labute approximate surface area is 176 Å². The monoisotopic (exact) mass is 429 g/mol. The summed E-state index contributed by atoms with van der Waals surface area (Å²) in [6, 6.07) is 4.00. The molecular weight excluding hydrogens is 401 g/mol. The molecule has 1 aliphatic heterocycles. The molecule has 0 saturated carbocycles. The van der Waals surface area contributed by atoms with E-state index in [1.807, 2.05) is 27.7 Å². The fraction of sp³-hybridized carbons (Fsp3) is 0.600. The highest BCUT2D eigenvalue weighted by atomic mass is 35.5. The van der Waals surface area contributed by atoms with E-state index in [-0.39, 0.29) is 29.1 Å². The molecule has 1 fully saturated rings. The number of hydrogen-bond donors (Lipinski definition) is 2. The molecule has 0 aliphatic carbocycles. The van der Waals surface area contributed by atoms with E-state index in [9.17, 15) is 9.59 Å². The van der Waals surface area contributed by atoms with Crippen LogP contribution in [0.15, 0.2) is 18.2 Å². The van der Waals surface area contributed by atoms with Crippen LogP contribution in [0.4, 0.5) is 0 Å². The minimum atomic E-state index is -0.651. The van der Waals surface area contributed by atoms with Crippen molar-refractivity contribution >= 4 is 35.0 Å². The van der Waals surface area contributed by atoms with Crippen molar-refractivity contribution < 1.29 is 14.3 Å². The molecular formula is C20H29Cl2N3O3. The highest BCUT2D eigenvalue weighted by molar-refractivity contribution is 6.36. The second-order valence-electron chi connectivity index (χ2n) is 7.63. The van der Waals surface area contributed by atoms with Gasteiger partial charge in [0.05, 0.1) is 22.8 Å². The van der Waals surface area contributed by atoms with Crippen molar-refractivity contribution in [2.24, 2.45) is 5.92 Å². The van der Waals surface area contributed by atoms with Crippen molar-refractivity contribution in [2.75, 3.05) is 26.2 Å². The van der Waals surface area contributed by atoms with Gasteiger partial charge in [-0.1, -0.05) is 37.0 Å². The van der Waals surface area contributed by atoms with Gasteiger partial charge in [-0.25, -0.2) is 0 Å². The summed E-state index contributed by atoms with van der Waals surface area (Å²) >= 11 is 12.0. The Hall–Kier alpha value is -1.34. The first-order chi connectivity index (χ1) is 13.2. The van der Waals surface area contributed by atoms with Gasteiger partial charge in [-0.05, 0) is 38.0 Å². The summed E-state index contributed by atoms with van der Waals surface area (Å²) in [6.07, 6.45) is 0.373. The molecule has 0 spiro atoms. The van der Waals surface area contributed by atoms with Crippen LogP contribution in [0.25, 0.3) is 0 Å². The second-order valence-corrected chi connectivity index (χ2v) is 8.47. The molecule has 0 unspecified atom stereocenters. The van der Waals surface area contributed by atoms with Crippen molar-refractivity contribution in [3.05, 3.63) is 33.8 Å². The molecule has 2 amide bonds. The number of carbonyl (C=O) groups is 2. The number of halogens is 2. The Morgan fingerprint density at radius 2 is 1.86 bits per heavy atom. The van der Waals surface area contributed by atoms with Gasteiger partial charge in [-0.15, -0.1) is 0 Å². The van der Waals surface area contributed by atoms with Gasteiger partial charge in [0.25, 0.3) is 5.91 Å². The van der Waals surface area contributed by atoms with E-state index >= 15 is 0 Å². The van der Waals surface area contributed by atoms with Crippen LogP contribution in [0.2, 0.25) is 10.0 Å². The van der Waals surface area contributed by atoms with Crippen LogP contribution < -0.4 is 10.6 Å². The van der Waals surface area contributed by atoms with Crippen LogP contribution in [0.5, 0.6) is 0 Å². The predicted octanol–water partition coefficient (Wildman–Crippen LogP) is 2.97. The fourth-order valence-corrected chi connectivity index (χ4v) is 3.84. The minimum Gasteiger partial charge on any atom is -0.373 e. The normalized spacial score (nSPS) is 21.4. The van der Waals surface area contributed by atoms with Crippen LogP contribution in [0, 0.1) is 5.92 Å². The largest absolute Gasteiger partial charge is 0.373 e. The maximum Gasteiger partial charge on any atom is 0.253 e. The van der Waals surface area contributed by atoms with Crippen molar-refractivity contribution in [1.29, 1.82) is 0 Å². The van der Waals surface area contributed by atoms with E-state index in [1.165, 1.54) is 6.07 Å². The summed E-state index contributed by atoms with van der Waals surface area (Å²) in [7, 11) is 0. The molecule has 2 N–H and O–H groups in total. The molecule has 28 heavy (non-hydrogen) atoms. The Balaban J connectivity index is 1.90. The quantitative estimate of drug-likeness (QED) is 0.698. The standard InChI is InChI=1S/C20H29Cl2N3O3/c1-12(2)18(24-19(26)16-6-5-15(21)9-17(16)22)20(27)23-7-8-25-10-13(3)28-14(4)11-25/h5-6,9,12-14,18H,7-8,10-11H2,1-4H3,(H,23,27)(H,24,26)/t13-,14+,18-/m1/s1. The van der Waals surface area contributed by atoms with Crippen molar-refractivity contribution in [2.45, 2.75) is 45.9 Å². The lowest BCUT2D eigenvalue weighted by Crippen LogP contribution is -2.52. The van der Waals surface area contributed by atoms with Crippen molar-refractivity contribution in [1.82, 2.24) is 15.5 Å². The van der Waals surface area contributed by atoms with Gasteiger partial charge in [0.2, 0.25) is 5.91 Å². The third-order valence-corrected chi connectivity index (χ3v) is 5.18. The molecule has 0 bridgehead atoms. The van der Waals surface area contributed by atoms with E-state index < -0.39 is 11.9 Å². The Morgan fingerprint density at radius 3 is 2.43 bits per heavy atom. The van der Waals surface area contributed by atoms with Crippen LogP contribution in [0.1, 0.15) is 38.1 Å². The summed E-state index contributed by atoms with van der Waals surface area (Å²) in [4.78, 5) is 27.5. The number of rotatable bonds is 7. The van der Waals surface area contributed by atoms with Crippen molar-refractivity contribution in [3.8, 4) is 0 Å². The van der Waals surface area contributed by atoms with Crippen molar-refractivity contribution in [3.63, 3.8) is 0 Å². The highest BCUT2D eigenvalue weighted by Gasteiger charge is 2.26. The average Bonchev–Trinajstić information content (AvgIpc) is 2.58. The number of nitrogens with zero attached hydrogens (tertiary/aromatic N) is 1. The number of morpholine rings is 1. The lowest BCUT2D eigenvalue weighted by molar-refractivity contribution is -0.124. The zero-order chi connectivity index (χ0) is 20.8. The third-order valence-electron chi connectivity index (χ3n) is 4.63. The fourth-order valence-electron chi connectivity index (χ4n) is 3.34. The predicted molar refractivity (Wildman–Crippen MR) is 112 cm³/mol. The molecule has 3 atom stereocenters. The lowest BCUT2D eigenvalue weighted by atomic mass is 10.0. The molecule has 0 aromatic heterocycles. The molecule has 156 valence electrons. The number of carbonyl (C=O) groups excluding carboxylic acids is 2. The van der Waals surface area contributed by atoms with Crippen LogP contribution in [-0.4, -0.2) is 61.1 Å². The molecule has 1 aromatic rings. The van der Waals surface area contributed by atoms with E-state index in [1.54, 1.807) is 12.1 Å². The number of amides is 2. The molecule has 1 heterocycles. The average molecular weight is 430 g/mol. The van der Waals surface area contributed by atoms with Crippen LogP contribution in [-0.2, 0) is 9.53 Å². The Morgan fingerprint density at radius 1 is 1.21 bits per heavy atom. The maximum absolute atomic E-state index is 12.6. The van der Waals surface area contributed by atoms with Gasteiger partial charge in [-0.2, -0.15) is 0 Å². The van der Waals surface area contributed by atoms with Gasteiger partial charge in [-0.3, -0.25) is 14.5 Å². The van der Waals surface area contributed by atoms with E-state index in [2.05, 4.69) is 15.5 Å². The lowest BCUT2D eigenvalue weighted by Gasteiger charge is -2.35. The Bertz CT molecular complexity index is 689. The van der Waals surface area contributed by atoms with E-state index in [4.69, 9.17) is 27.9 Å². The smallest absolute Gasteiger partial charge is 0.253 e. The van der Waals surface area contributed by atoms with Gasteiger partial charge < -0.3 is 15.4 Å². The summed E-state index contributed by atoms with van der Waals surface area (Å²) in [5.41, 5.74) is 0.292. The first-order valence-corrected chi connectivity index (χ1v) is 10.3. The first-order valence-electron chi connectivity index (χ1n) is 9.58. The summed E-state index contributed by atoms with van der Waals surface area (Å²) in [5.74, 6) is -0.674. The van der Waals surface area contributed by atoms with E-state index in [0.717, 1.165) is 19.6 Å². The SMILES string of the molecule is CC(C)[C@@H](NC(=O)c1ccc(Cl)cc1Cl)C(=O)NCCN1C[C@@H](C)O[C@@H](C)C1. The molecule has 1 aliphatic rings. The number of hydrogen-bond acceptors (Lipinski definition) is 4. The number of ether oxygens (including phenoxy) is 1. The van der Waals surface area contributed by atoms with Crippen LogP contribution >= 0.6 is 23.2 Å². The first kappa shape index (κ1) is 22.9. The van der Waals surface area contributed by atoms with Gasteiger partial charge in [0.15, 0.2) is 0 Å². The summed E-state index contributed by atoms with van der Waals surface area (Å²) in [6.45, 7) is 10.8. The minimum absolute atomic E-state index is 0.0709. The zero-order valence-corrected chi connectivity index (χ0v) is 18.3.